The van der Waals surface area contributed by atoms with E-state index in [2.05, 4.69) is 15.9 Å². The molecule has 1 aromatic carbocycles. The molecule has 0 saturated heterocycles. The van der Waals surface area contributed by atoms with Crippen LogP contribution in [0, 0.1) is 5.82 Å². The molecule has 0 bridgehead atoms. The summed E-state index contributed by atoms with van der Waals surface area (Å²) >= 11 is 8.87. The lowest BCUT2D eigenvalue weighted by atomic mass is 9.96. The monoisotopic (exact) mass is 292 g/mol. The predicted molar refractivity (Wildman–Crippen MR) is 57.7 cm³/mol. The van der Waals surface area contributed by atoms with Crippen molar-refractivity contribution in [1.29, 1.82) is 0 Å². The van der Waals surface area contributed by atoms with E-state index in [0.29, 0.717) is 18.4 Å². The molecule has 0 spiro atoms. The molecule has 0 aromatic heterocycles. The number of carboxylic acids is 1. The van der Waals surface area contributed by atoms with Crippen LogP contribution in [-0.2, 0) is 10.2 Å². The number of hydrogen-bond acceptors (Lipinski definition) is 1. The van der Waals surface area contributed by atoms with Gasteiger partial charge in [0.05, 0.1) is 9.89 Å². The summed E-state index contributed by atoms with van der Waals surface area (Å²) in [4.78, 5) is 11.1. The van der Waals surface area contributed by atoms with Crippen LogP contribution < -0.4 is 0 Å². The molecule has 1 aliphatic carbocycles. The highest BCUT2D eigenvalue weighted by molar-refractivity contribution is 9.10. The third-order valence-electron chi connectivity index (χ3n) is 2.68. The zero-order valence-electron chi connectivity index (χ0n) is 7.56. The molecule has 0 radical (unpaired) electrons. The Bertz CT molecular complexity index is 443. The molecule has 1 fully saturated rings. The van der Waals surface area contributed by atoms with Gasteiger partial charge >= 0.3 is 5.97 Å². The van der Waals surface area contributed by atoms with Gasteiger partial charge in [-0.15, -0.1) is 0 Å². The Balaban J connectivity index is 2.54. The minimum atomic E-state index is -0.900. The molecule has 15 heavy (non-hydrogen) atoms. The third-order valence-corrected chi connectivity index (χ3v) is 3.61. The van der Waals surface area contributed by atoms with Gasteiger partial charge in [0, 0.05) is 5.02 Å². The van der Waals surface area contributed by atoms with Crippen molar-refractivity contribution in [3.8, 4) is 0 Å². The maximum Gasteiger partial charge on any atom is 0.314 e. The zero-order chi connectivity index (χ0) is 11.2. The van der Waals surface area contributed by atoms with E-state index in [4.69, 9.17) is 16.7 Å². The summed E-state index contributed by atoms with van der Waals surface area (Å²) in [5.41, 5.74) is -0.405. The van der Waals surface area contributed by atoms with Crippen LogP contribution in [0.2, 0.25) is 5.02 Å². The summed E-state index contributed by atoms with van der Waals surface area (Å²) in [6.45, 7) is 0. The van der Waals surface area contributed by atoms with Crippen LogP contribution in [0.25, 0.3) is 0 Å². The van der Waals surface area contributed by atoms with E-state index < -0.39 is 17.2 Å². The van der Waals surface area contributed by atoms with Gasteiger partial charge in [0.15, 0.2) is 0 Å². The third kappa shape index (κ3) is 1.66. The Hall–Kier alpha value is -0.610. The average Bonchev–Trinajstić information content (AvgIpc) is 2.92. The maximum atomic E-state index is 13.1. The van der Waals surface area contributed by atoms with E-state index in [1.165, 1.54) is 6.07 Å². The lowest BCUT2D eigenvalue weighted by Crippen LogP contribution is -2.20. The second-order valence-electron chi connectivity index (χ2n) is 3.63. The first kappa shape index (κ1) is 10.9. The van der Waals surface area contributed by atoms with Crippen LogP contribution in [0.15, 0.2) is 16.6 Å². The Morgan fingerprint density at radius 1 is 1.53 bits per heavy atom. The topological polar surface area (TPSA) is 37.3 Å². The van der Waals surface area contributed by atoms with Gasteiger partial charge in [-0.2, -0.15) is 0 Å². The van der Waals surface area contributed by atoms with Crippen molar-refractivity contribution in [1.82, 2.24) is 0 Å². The number of carbonyl (C=O) groups is 1. The number of rotatable bonds is 2. The first-order chi connectivity index (χ1) is 6.97. The van der Waals surface area contributed by atoms with E-state index in [-0.39, 0.29) is 9.50 Å². The van der Waals surface area contributed by atoms with Crippen molar-refractivity contribution in [3.05, 3.63) is 33.0 Å². The normalized spacial score (nSPS) is 17.5. The molecule has 1 saturated carbocycles. The average molecular weight is 294 g/mol. The molecule has 0 atom stereocenters. The van der Waals surface area contributed by atoms with E-state index >= 15 is 0 Å². The first-order valence-electron chi connectivity index (χ1n) is 4.36. The fraction of sp³-hybridized carbons (Fsp3) is 0.300. The first-order valence-corrected chi connectivity index (χ1v) is 5.53. The van der Waals surface area contributed by atoms with Gasteiger partial charge in [-0.05, 0) is 46.5 Å². The van der Waals surface area contributed by atoms with Crippen molar-refractivity contribution >= 4 is 33.5 Å². The molecular weight excluding hydrogens is 286 g/mol. The second-order valence-corrected chi connectivity index (χ2v) is 4.89. The van der Waals surface area contributed by atoms with Crippen LogP contribution in [0.3, 0.4) is 0 Å². The van der Waals surface area contributed by atoms with Crippen molar-refractivity contribution in [2.24, 2.45) is 0 Å². The molecular formula is C10H7BrClFO2. The van der Waals surface area contributed by atoms with Crippen LogP contribution in [0.5, 0.6) is 0 Å². The van der Waals surface area contributed by atoms with Crippen molar-refractivity contribution in [2.45, 2.75) is 18.3 Å². The highest BCUT2D eigenvalue weighted by Gasteiger charge is 2.53. The predicted octanol–water partition coefficient (Wildman–Crippen LogP) is 3.36. The lowest BCUT2D eigenvalue weighted by Gasteiger charge is -2.12. The molecule has 0 aliphatic heterocycles. The molecule has 0 amide bonds. The van der Waals surface area contributed by atoms with E-state index in [0.717, 1.165) is 6.07 Å². The van der Waals surface area contributed by atoms with Crippen molar-refractivity contribution in [3.63, 3.8) is 0 Å². The minimum Gasteiger partial charge on any atom is -0.481 e. The van der Waals surface area contributed by atoms with Crippen molar-refractivity contribution in [2.75, 3.05) is 0 Å². The SMILES string of the molecule is O=C(O)C1(c2cc(Br)c(F)cc2Cl)CC1. The Kier molecular flexibility index (Phi) is 2.51. The smallest absolute Gasteiger partial charge is 0.314 e. The van der Waals surface area contributed by atoms with E-state index in [1.807, 2.05) is 0 Å². The van der Waals surface area contributed by atoms with Gasteiger partial charge in [0.1, 0.15) is 5.82 Å². The second kappa shape index (κ2) is 3.46. The molecule has 1 aliphatic rings. The molecule has 1 aromatic rings. The van der Waals surface area contributed by atoms with Gasteiger partial charge in [-0.1, -0.05) is 11.6 Å². The number of halogens is 3. The summed E-state index contributed by atoms with van der Waals surface area (Å²) in [5, 5.41) is 9.25. The zero-order valence-corrected chi connectivity index (χ0v) is 9.90. The Labute approximate surface area is 99.2 Å². The van der Waals surface area contributed by atoms with Crippen LogP contribution in [-0.4, -0.2) is 11.1 Å². The fourth-order valence-electron chi connectivity index (χ4n) is 1.61. The highest BCUT2D eigenvalue weighted by Crippen LogP contribution is 2.51. The summed E-state index contributed by atoms with van der Waals surface area (Å²) in [6.07, 6.45) is 1.11. The van der Waals surface area contributed by atoms with Crippen molar-refractivity contribution < 1.29 is 14.3 Å². The molecule has 5 heteroatoms. The number of hydrogen-bond donors (Lipinski definition) is 1. The summed E-state index contributed by atoms with van der Waals surface area (Å²) in [7, 11) is 0. The maximum absolute atomic E-state index is 13.1. The molecule has 0 unspecified atom stereocenters. The standard InChI is InChI=1S/C10H7BrClFO2/c11-6-3-5(7(12)4-8(6)13)10(1-2-10)9(14)15/h3-4H,1-2H2,(H,14,15). The molecule has 80 valence electrons. The number of benzene rings is 1. The number of aliphatic carboxylic acids is 1. The van der Waals surface area contributed by atoms with Gasteiger partial charge in [0.2, 0.25) is 0 Å². The van der Waals surface area contributed by atoms with Crippen LogP contribution >= 0.6 is 27.5 Å². The summed E-state index contributed by atoms with van der Waals surface area (Å²) < 4.78 is 13.3. The van der Waals surface area contributed by atoms with Gasteiger partial charge in [-0.3, -0.25) is 4.79 Å². The lowest BCUT2D eigenvalue weighted by molar-refractivity contribution is -0.140. The Morgan fingerprint density at radius 2 is 2.13 bits per heavy atom. The molecule has 2 rings (SSSR count). The summed E-state index contributed by atoms with van der Waals surface area (Å²) in [5.74, 6) is -1.38. The Morgan fingerprint density at radius 3 is 2.60 bits per heavy atom. The van der Waals surface area contributed by atoms with Gasteiger partial charge < -0.3 is 5.11 Å². The quantitative estimate of drug-likeness (QED) is 0.849. The molecule has 1 N–H and O–H groups in total. The fourth-order valence-corrected chi connectivity index (χ4v) is 2.29. The molecule has 0 heterocycles. The highest BCUT2D eigenvalue weighted by atomic mass is 79.9. The van der Waals surface area contributed by atoms with Crippen LogP contribution in [0.4, 0.5) is 4.39 Å². The largest absolute Gasteiger partial charge is 0.481 e. The molecule has 2 nitrogen and oxygen atoms in total. The summed E-state index contributed by atoms with van der Waals surface area (Å²) in [6, 6.07) is 2.60. The van der Waals surface area contributed by atoms with E-state index in [9.17, 15) is 9.18 Å². The van der Waals surface area contributed by atoms with E-state index in [1.54, 1.807) is 0 Å². The number of carboxylic acid groups (broad SMARTS) is 1. The van der Waals surface area contributed by atoms with Gasteiger partial charge in [-0.25, -0.2) is 4.39 Å². The van der Waals surface area contributed by atoms with Gasteiger partial charge in [0.25, 0.3) is 0 Å². The van der Waals surface area contributed by atoms with Crippen LogP contribution in [0.1, 0.15) is 18.4 Å². The minimum absolute atomic E-state index is 0.176.